The van der Waals surface area contributed by atoms with E-state index in [1.165, 1.54) is 4.57 Å². The monoisotopic (exact) mass is 684 g/mol. The molecule has 1 aromatic heterocycles. The first-order valence-corrected chi connectivity index (χ1v) is 17.1. The van der Waals surface area contributed by atoms with Crippen LogP contribution >= 0.6 is 0 Å². The summed E-state index contributed by atoms with van der Waals surface area (Å²) in [4.78, 5) is 20.1. The molecular weight excluding hydrogens is 632 g/mol. The Morgan fingerprint density at radius 3 is 2.36 bits per heavy atom. The van der Waals surface area contributed by atoms with Gasteiger partial charge in [0.2, 0.25) is 5.96 Å². The first kappa shape index (κ1) is 37.8. The van der Waals surface area contributed by atoms with Crippen LogP contribution in [0.3, 0.4) is 0 Å². The Kier molecular flexibility index (Phi) is 12.6. The van der Waals surface area contributed by atoms with Gasteiger partial charge in [0.05, 0.1) is 24.5 Å². The second-order valence-corrected chi connectivity index (χ2v) is 14.0. The molecule has 268 valence electrons. The van der Waals surface area contributed by atoms with Gasteiger partial charge < -0.3 is 30.2 Å². The van der Waals surface area contributed by atoms with Gasteiger partial charge in [0.1, 0.15) is 35.5 Å². The summed E-state index contributed by atoms with van der Waals surface area (Å²) in [5.74, 6) is 1.64. The molecule has 0 spiro atoms. The highest BCUT2D eigenvalue weighted by molar-refractivity contribution is 6.09. The minimum atomic E-state index is -0.428. The molecular formula is C38H52N8O4. The number of nitrogens with one attached hydrogen (secondary N) is 5. The van der Waals surface area contributed by atoms with E-state index >= 15 is 0 Å². The minimum Gasteiger partial charge on any atom is -0.491 e. The zero-order valence-corrected chi connectivity index (χ0v) is 30.2. The molecule has 0 bridgehead atoms. The number of pyridine rings is 1. The molecule has 2 amide bonds. The van der Waals surface area contributed by atoms with E-state index in [1.54, 1.807) is 42.6 Å². The van der Waals surface area contributed by atoms with Gasteiger partial charge in [-0.25, -0.2) is 9.79 Å². The highest BCUT2D eigenvalue weighted by atomic mass is 16.5. The Bertz CT molecular complexity index is 1750. The number of aromatic nitrogens is 1. The van der Waals surface area contributed by atoms with E-state index in [1.807, 2.05) is 77.6 Å². The topological polar surface area (TPSA) is 172 Å². The molecule has 0 radical (unpaired) electrons. The number of carbonyl (C=O) groups excluding carboxylic acids is 1. The zero-order chi connectivity index (χ0) is 36.6. The highest BCUT2D eigenvalue weighted by Crippen LogP contribution is 2.38. The van der Waals surface area contributed by atoms with Crippen molar-refractivity contribution in [2.24, 2.45) is 10.4 Å². The van der Waals surface area contributed by atoms with Gasteiger partial charge in [-0.2, -0.15) is 0 Å². The fourth-order valence-corrected chi connectivity index (χ4v) is 5.95. The third-order valence-corrected chi connectivity index (χ3v) is 8.48. The minimum absolute atomic E-state index is 0.0852. The Morgan fingerprint density at radius 1 is 1.00 bits per heavy atom. The summed E-state index contributed by atoms with van der Waals surface area (Å²) in [6.45, 7) is 14.0. The maximum absolute atomic E-state index is 13.5. The molecule has 4 rings (SSSR count). The number of aliphatic imine (C=N–C) groups is 1. The Morgan fingerprint density at radius 2 is 1.70 bits per heavy atom. The number of amides is 2. The fourth-order valence-electron chi connectivity index (χ4n) is 5.95. The Labute approximate surface area is 295 Å². The lowest BCUT2D eigenvalue weighted by Crippen LogP contribution is -2.47. The number of rotatable bonds is 11. The van der Waals surface area contributed by atoms with Gasteiger partial charge >= 0.3 is 6.03 Å². The number of benzene rings is 2. The molecule has 6 N–H and O–H groups in total. The number of aliphatic hydroxyl groups excluding tert-OH is 1. The summed E-state index contributed by atoms with van der Waals surface area (Å²) < 4.78 is 13.6. The number of hydrogen-bond acceptors (Lipinski definition) is 8. The number of urea groups is 1. The van der Waals surface area contributed by atoms with Crippen molar-refractivity contribution in [3.63, 3.8) is 0 Å². The Balaban J connectivity index is 1.53. The third-order valence-electron chi connectivity index (χ3n) is 8.48. The van der Waals surface area contributed by atoms with E-state index in [0.717, 1.165) is 11.1 Å². The van der Waals surface area contributed by atoms with Crippen LogP contribution in [0, 0.1) is 21.6 Å². The van der Waals surface area contributed by atoms with Crippen LogP contribution in [-0.4, -0.2) is 63.4 Å². The molecule has 0 fully saturated rings. The summed E-state index contributed by atoms with van der Waals surface area (Å²) in [6.07, 6.45) is 2.80. The van der Waals surface area contributed by atoms with Crippen molar-refractivity contribution in [1.82, 2.24) is 20.1 Å². The summed E-state index contributed by atoms with van der Waals surface area (Å²) in [7, 11) is 0. The van der Waals surface area contributed by atoms with Crippen molar-refractivity contribution in [2.45, 2.75) is 92.0 Å². The number of aliphatic hydroxyl groups is 1. The molecule has 2 aromatic carbocycles. The van der Waals surface area contributed by atoms with Gasteiger partial charge in [0, 0.05) is 30.3 Å². The average molecular weight is 685 g/mol. The maximum atomic E-state index is 13.5. The second kappa shape index (κ2) is 16.6. The lowest BCUT2D eigenvalue weighted by Gasteiger charge is -2.34. The highest BCUT2D eigenvalue weighted by Gasteiger charge is 2.30. The van der Waals surface area contributed by atoms with Crippen LogP contribution in [0.15, 0.2) is 71.9 Å². The standard InChI is InChI=1S/C38H52N8O4/c1-24(2)46(25(3)4)36(41)45-23-28(15-18-34(45)40)50-32-17-16-31(29-13-8-9-14-30(29)32)43-37(48)44-35(22-33(39)38(5,6)7)42-26-11-10-12-27(21-26)49-20-19-47/h8-15,18,21,23-25,31-32,39-41,47H,16-17,19-20,22H2,1-7H3,(H2,42,43,44,48). The molecule has 0 aliphatic heterocycles. The molecule has 0 saturated heterocycles. The van der Waals surface area contributed by atoms with Crippen LogP contribution in [0.2, 0.25) is 0 Å². The summed E-state index contributed by atoms with van der Waals surface area (Å²) in [6, 6.07) is 17.8. The summed E-state index contributed by atoms with van der Waals surface area (Å²) in [5, 5.41) is 41.1. The van der Waals surface area contributed by atoms with Crippen LogP contribution in [0.5, 0.6) is 11.5 Å². The van der Waals surface area contributed by atoms with Crippen molar-refractivity contribution < 1.29 is 19.4 Å². The Hall–Kier alpha value is -4.97. The van der Waals surface area contributed by atoms with Gasteiger partial charge in [0.25, 0.3) is 0 Å². The van der Waals surface area contributed by atoms with Crippen LogP contribution in [-0.2, 0) is 0 Å². The lowest BCUT2D eigenvalue weighted by atomic mass is 9.85. The van der Waals surface area contributed by atoms with Crippen molar-refractivity contribution in [2.75, 3.05) is 13.2 Å². The van der Waals surface area contributed by atoms with E-state index in [9.17, 15) is 4.79 Å². The molecule has 1 aliphatic carbocycles. The number of fused-ring (bicyclic) bond motifs is 1. The van der Waals surface area contributed by atoms with E-state index in [2.05, 4.69) is 15.6 Å². The number of carbonyl (C=O) groups is 1. The molecule has 12 nitrogen and oxygen atoms in total. The van der Waals surface area contributed by atoms with Crippen molar-refractivity contribution in [3.05, 3.63) is 83.5 Å². The predicted octanol–water partition coefficient (Wildman–Crippen LogP) is 6.68. The molecule has 1 heterocycles. The number of hydrogen-bond donors (Lipinski definition) is 6. The van der Waals surface area contributed by atoms with Gasteiger partial charge in [-0.05, 0) is 81.3 Å². The molecule has 0 saturated carbocycles. The lowest BCUT2D eigenvalue weighted by molar-refractivity contribution is 0.170. The van der Waals surface area contributed by atoms with Gasteiger partial charge in [-0.3, -0.25) is 20.7 Å². The third kappa shape index (κ3) is 9.81. The quantitative estimate of drug-likeness (QED) is 0.0975. The molecule has 2 atom stereocenters. The van der Waals surface area contributed by atoms with Crippen LogP contribution in [0.25, 0.3) is 0 Å². The molecule has 3 aromatic rings. The maximum Gasteiger partial charge on any atom is 0.320 e. The first-order chi connectivity index (χ1) is 23.7. The van der Waals surface area contributed by atoms with Gasteiger partial charge in [-0.1, -0.05) is 51.1 Å². The van der Waals surface area contributed by atoms with E-state index in [4.69, 9.17) is 30.8 Å². The predicted molar refractivity (Wildman–Crippen MR) is 197 cm³/mol. The largest absolute Gasteiger partial charge is 0.491 e. The fraction of sp³-hybridized carbons (Fsp3) is 0.447. The summed E-state index contributed by atoms with van der Waals surface area (Å²) in [5.41, 5.74) is 2.65. The normalized spacial score (nSPS) is 16.1. The first-order valence-electron chi connectivity index (χ1n) is 17.1. The SMILES string of the molecule is CC(C)N(C(=N)n1cc(OC2CCC(NC(=O)NC(CC(=N)C(C)(C)C)=Nc3cccc(OCCO)c3)c3ccccc32)ccc1=N)C(C)C. The van der Waals surface area contributed by atoms with Crippen LogP contribution in [0.1, 0.15) is 91.0 Å². The van der Waals surface area contributed by atoms with E-state index in [0.29, 0.717) is 41.6 Å². The van der Waals surface area contributed by atoms with Crippen LogP contribution in [0.4, 0.5) is 10.5 Å². The van der Waals surface area contributed by atoms with E-state index in [-0.39, 0.29) is 55.3 Å². The van der Waals surface area contributed by atoms with E-state index < -0.39 is 11.4 Å². The molecule has 50 heavy (non-hydrogen) atoms. The smallest absolute Gasteiger partial charge is 0.320 e. The summed E-state index contributed by atoms with van der Waals surface area (Å²) >= 11 is 0. The molecule has 2 unspecified atom stereocenters. The van der Waals surface area contributed by atoms with Gasteiger partial charge in [-0.15, -0.1) is 0 Å². The van der Waals surface area contributed by atoms with Crippen LogP contribution < -0.4 is 25.6 Å². The number of nitrogens with zero attached hydrogens (tertiary/aromatic N) is 3. The van der Waals surface area contributed by atoms with Crippen molar-refractivity contribution >= 4 is 29.2 Å². The number of ether oxygens (including phenoxy) is 2. The second-order valence-electron chi connectivity index (χ2n) is 14.0. The molecule has 1 aliphatic rings. The average Bonchev–Trinajstić information content (AvgIpc) is 3.05. The number of amidine groups is 1. The molecule has 12 heteroatoms. The van der Waals surface area contributed by atoms with Gasteiger partial charge in [0.15, 0.2) is 0 Å². The van der Waals surface area contributed by atoms with Crippen molar-refractivity contribution in [1.29, 1.82) is 16.2 Å². The zero-order valence-electron chi connectivity index (χ0n) is 30.2. The van der Waals surface area contributed by atoms with Crippen molar-refractivity contribution in [3.8, 4) is 11.5 Å².